The summed E-state index contributed by atoms with van der Waals surface area (Å²) in [7, 11) is 0. The van der Waals surface area contributed by atoms with Crippen molar-refractivity contribution in [2.75, 3.05) is 0 Å². The molecule has 2 heterocycles. The standard InChI is InChI=1S/C21H22N2O/c1-3-9-16(10-4-1)18-15-19-17-11-5-6-12-20(17)24-21(23(19)22-18)13-7-2-8-14-21/h1,3-6,9-12,19H,2,7-8,13-15H2. The average molecular weight is 318 g/mol. The minimum absolute atomic E-state index is 0.242. The van der Waals surface area contributed by atoms with Gasteiger partial charge in [0.25, 0.3) is 0 Å². The molecule has 0 radical (unpaired) electrons. The molecule has 5 rings (SSSR count). The molecule has 122 valence electrons. The minimum atomic E-state index is -0.242. The van der Waals surface area contributed by atoms with Crippen molar-refractivity contribution in [3.63, 3.8) is 0 Å². The van der Waals surface area contributed by atoms with Gasteiger partial charge in [-0.15, -0.1) is 0 Å². The van der Waals surface area contributed by atoms with Gasteiger partial charge >= 0.3 is 0 Å². The second-order valence-electron chi connectivity index (χ2n) is 7.12. The molecular weight excluding hydrogens is 296 g/mol. The Kier molecular flexibility index (Phi) is 3.15. The number of nitrogens with zero attached hydrogens (tertiary/aromatic N) is 2. The number of hydrogen-bond acceptors (Lipinski definition) is 3. The van der Waals surface area contributed by atoms with Gasteiger partial charge in [-0.05, 0) is 24.5 Å². The fourth-order valence-electron chi connectivity index (χ4n) is 4.47. The van der Waals surface area contributed by atoms with Crippen molar-refractivity contribution in [1.82, 2.24) is 5.01 Å². The van der Waals surface area contributed by atoms with Gasteiger partial charge in [0.2, 0.25) is 0 Å². The van der Waals surface area contributed by atoms with Gasteiger partial charge in [-0.3, -0.25) is 0 Å². The third-order valence-electron chi connectivity index (χ3n) is 5.65. The van der Waals surface area contributed by atoms with Gasteiger partial charge in [0, 0.05) is 24.8 Å². The molecule has 0 bridgehead atoms. The van der Waals surface area contributed by atoms with Crippen molar-refractivity contribution in [3.8, 4) is 5.75 Å². The van der Waals surface area contributed by atoms with Crippen LogP contribution in [0.4, 0.5) is 0 Å². The summed E-state index contributed by atoms with van der Waals surface area (Å²) in [5, 5.41) is 7.38. The van der Waals surface area contributed by atoms with Crippen LogP contribution in [0.1, 0.15) is 55.7 Å². The summed E-state index contributed by atoms with van der Waals surface area (Å²) >= 11 is 0. The van der Waals surface area contributed by atoms with E-state index >= 15 is 0 Å². The van der Waals surface area contributed by atoms with Crippen LogP contribution in [0.25, 0.3) is 0 Å². The molecule has 2 aromatic carbocycles. The Balaban J connectivity index is 1.61. The number of hydrogen-bond donors (Lipinski definition) is 0. The fraction of sp³-hybridized carbons (Fsp3) is 0.381. The highest BCUT2D eigenvalue weighted by Gasteiger charge is 2.50. The molecule has 0 N–H and O–H groups in total. The van der Waals surface area contributed by atoms with Gasteiger partial charge in [-0.25, -0.2) is 5.01 Å². The van der Waals surface area contributed by atoms with Crippen molar-refractivity contribution in [3.05, 3.63) is 65.7 Å². The van der Waals surface area contributed by atoms with Crippen LogP contribution in [-0.4, -0.2) is 16.4 Å². The summed E-state index contributed by atoms with van der Waals surface area (Å²) < 4.78 is 6.58. The summed E-state index contributed by atoms with van der Waals surface area (Å²) in [6, 6.07) is 19.4. The third kappa shape index (κ3) is 2.07. The molecule has 1 atom stereocenters. The fourth-order valence-corrected chi connectivity index (χ4v) is 4.47. The maximum absolute atomic E-state index is 6.58. The van der Waals surface area contributed by atoms with E-state index in [4.69, 9.17) is 9.84 Å². The molecular formula is C21H22N2O. The quantitative estimate of drug-likeness (QED) is 0.748. The lowest BCUT2D eigenvalue weighted by molar-refractivity contribution is -0.140. The largest absolute Gasteiger partial charge is 0.466 e. The molecule has 0 saturated heterocycles. The third-order valence-corrected chi connectivity index (χ3v) is 5.65. The van der Waals surface area contributed by atoms with Crippen LogP contribution in [0.3, 0.4) is 0 Å². The van der Waals surface area contributed by atoms with E-state index in [1.807, 2.05) is 0 Å². The predicted molar refractivity (Wildman–Crippen MR) is 95.1 cm³/mol. The smallest absolute Gasteiger partial charge is 0.198 e. The summed E-state index contributed by atoms with van der Waals surface area (Å²) in [4.78, 5) is 0. The number of hydrazone groups is 1. The Hall–Kier alpha value is -2.29. The lowest BCUT2D eigenvalue weighted by Crippen LogP contribution is -2.54. The Morgan fingerprint density at radius 1 is 0.917 bits per heavy atom. The molecule has 3 aliphatic rings. The highest BCUT2D eigenvalue weighted by Crippen LogP contribution is 2.51. The number of rotatable bonds is 1. The Morgan fingerprint density at radius 3 is 2.50 bits per heavy atom. The maximum atomic E-state index is 6.58. The van der Waals surface area contributed by atoms with Crippen molar-refractivity contribution in [1.29, 1.82) is 0 Å². The number of benzene rings is 2. The highest BCUT2D eigenvalue weighted by molar-refractivity contribution is 6.01. The van der Waals surface area contributed by atoms with E-state index in [1.54, 1.807) is 0 Å². The SMILES string of the molecule is c1ccc(C2=NN3C(C2)c2ccccc2OC32CCCCC2)cc1. The van der Waals surface area contributed by atoms with Crippen LogP contribution in [-0.2, 0) is 0 Å². The maximum Gasteiger partial charge on any atom is 0.198 e. The predicted octanol–water partition coefficient (Wildman–Crippen LogP) is 4.89. The summed E-state index contributed by atoms with van der Waals surface area (Å²) in [5.41, 5.74) is 3.46. The van der Waals surface area contributed by atoms with Crippen molar-refractivity contribution in [2.24, 2.45) is 5.10 Å². The highest BCUT2D eigenvalue weighted by atomic mass is 16.5. The molecule has 1 aliphatic carbocycles. The normalized spacial score (nSPS) is 24.1. The molecule has 2 aromatic rings. The first-order valence-electron chi connectivity index (χ1n) is 9.06. The van der Waals surface area contributed by atoms with Gasteiger partial charge in [-0.2, -0.15) is 5.10 Å². The number of fused-ring (bicyclic) bond motifs is 4. The van der Waals surface area contributed by atoms with Gasteiger partial charge in [-0.1, -0.05) is 55.0 Å². The van der Waals surface area contributed by atoms with Crippen molar-refractivity contribution in [2.45, 2.75) is 50.3 Å². The lowest BCUT2D eigenvalue weighted by Gasteiger charge is -2.49. The average Bonchev–Trinajstić information content (AvgIpc) is 3.10. The molecule has 24 heavy (non-hydrogen) atoms. The lowest BCUT2D eigenvalue weighted by atomic mass is 9.86. The topological polar surface area (TPSA) is 24.8 Å². The summed E-state index contributed by atoms with van der Waals surface area (Å²) in [6.07, 6.45) is 6.86. The number of para-hydroxylation sites is 1. The van der Waals surface area contributed by atoms with E-state index in [0.717, 1.165) is 25.0 Å². The van der Waals surface area contributed by atoms with Crippen molar-refractivity contribution < 1.29 is 4.74 Å². The van der Waals surface area contributed by atoms with Crippen LogP contribution >= 0.6 is 0 Å². The Morgan fingerprint density at radius 2 is 1.67 bits per heavy atom. The van der Waals surface area contributed by atoms with E-state index in [2.05, 4.69) is 59.6 Å². The second-order valence-corrected chi connectivity index (χ2v) is 7.12. The van der Waals surface area contributed by atoms with E-state index in [0.29, 0.717) is 6.04 Å². The zero-order valence-electron chi connectivity index (χ0n) is 13.8. The Labute approximate surface area is 142 Å². The summed E-state index contributed by atoms with van der Waals surface area (Å²) in [5.74, 6) is 1.06. The second kappa shape index (κ2) is 5.37. The first-order valence-corrected chi connectivity index (χ1v) is 9.06. The monoisotopic (exact) mass is 318 g/mol. The van der Waals surface area contributed by atoms with Crippen LogP contribution in [0.2, 0.25) is 0 Å². The molecule has 0 aromatic heterocycles. The number of ether oxygens (including phenoxy) is 1. The summed E-state index contributed by atoms with van der Waals surface area (Å²) in [6.45, 7) is 0. The first kappa shape index (κ1) is 14.1. The van der Waals surface area contributed by atoms with Gasteiger partial charge in [0.1, 0.15) is 5.75 Å². The van der Waals surface area contributed by atoms with Crippen LogP contribution < -0.4 is 4.74 Å². The van der Waals surface area contributed by atoms with Crippen LogP contribution in [0, 0.1) is 0 Å². The Bertz CT molecular complexity index is 777. The van der Waals surface area contributed by atoms with Gasteiger partial charge < -0.3 is 4.74 Å². The van der Waals surface area contributed by atoms with Gasteiger partial charge in [0.05, 0.1) is 11.8 Å². The minimum Gasteiger partial charge on any atom is -0.466 e. The molecule has 3 nitrogen and oxygen atoms in total. The van der Waals surface area contributed by atoms with E-state index in [-0.39, 0.29) is 5.72 Å². The zero-order valence-corrected chi connectivity index (χ0v) is 13.8. The molecule has 1 saturated carbocycles. The van der Waals surface area contributed by atoms with E-state index in [9.17, 15) is 0 Å². The van der Waals surface area contributed by atoms with E-state index < -0.39 is 0 Å². The molecule has 3 heteroatoms. The molecule has 2 aliphatic heterocycles. The molecule has 0 amide bonds. The molecule has 1 spiro atoms. The molecule has 1 unspecified atom stereocenters. The zero-order chi connectivity index (χ0) is 16.0. The van der Waals surface area contributed by atoms with Crippen LogP contribution in [0.15, 0.2) is 59.7 Å². The van der Waals surface area contributed by atoms with Gasteiger partial charge in [0.15, 0.2) is 5.72 Å². The van der Waals surface area contributed by atoms with Crippen LogP contribution in [0.5, 0.6) is 5.75 Å². The first-order chi connectivity index (χ1) is 11.9. The molecule has 1 fully saturated rings. The van der Waals surface area contributed by atoms with E-state index in [1.165, 1.54) is 36.1 Å². The van der Waals surface area contributed by atoms with Crippen molar-refractivity contribution >= 4 is 5.71 Å².